The van der Waals surface area contributed by atoms with E-state index in [0.717, 1.165) is 84.6 Å². The summed E-state index contributed by atoms with van der Waals surface area (Å²) in [5.41, 5.74) is 14.8. The number of rotatable bonds is 9. The van der Waals surface area contributed by atoms with Crippen molar-refractivity contribution in [3.05, 3.63) is 173 Å². The predicted octanol–water partition coefficient (Wildman–Crippen LogP) is 12.3. The van der Waals surface area contributed by atoms with Crippen LogP contribution in [0.4, 0.5) is 0 Å². The molecule has 5 nitrogen and oxygen atoms in total. The summed E-state index contributed by atoms with van der Waals surface area (Å²) in [5.74, 6) is 2.41. The predicted molar refractivity (Wildman–Crippen MR) is 229 cm³/mol. The van der Waals surface area contributed by atoms with Crippen molar-refractivity contribution in [2.75, 3.05) is 21.3 Å². The second-order valence-electron chi connectivity index (χ2n) is 16.1. The third-order valence-corrected chi connectivity index (χ3v) is 10.4. The molecule has 0 amide bonds. The van der Waals surface area contributed by atoms with E-state index in [2.05, 4.69) is 144 Å². The van der Waals surface area contributed by atoms with E-state index in [4.69, 9.17) is 19.2 Å². The lowest BCUT2D eigenvalue weighted by Crippen LogP contribution is -2.10. The minimum atomic E-state index is 0.0276. The van der Waals surface area contributed by atoms with Crippen LogP contribution in [-0.4, -0.2) is 32.0 Å². The highest BCUT2D eigenvalue weighted by Gasteiger charge is 2.27. The second kappa shape index (κ2) is 15.0. The molecule has 1 aliphatic rings. The van der Waals surface area contributed by atoms with Crippen molar-refractivity contribution in [1.29, 1.82) is 0 Å². The van der Waals surface area contributed by atoms with Crippen molar-refractivity contribution in [3.8, 4) is 39.6 Å². The number of aromatic amines is 1. The van der Waals surface area contributed by atoms with E-state index in [0.29, 0.717) is 0 Å². The lowest BCUT2D eigenvalue weighted by atomic mass is 9.85. The van der Waals surface area contributed by atoms with Gasteiger partial charge in [0.05, 0.1) is 38.4 Å². The van der Waals surface area contributed by atoms with Gasteiger partial charge in [0.1, 0.15) is 17.2 Å². The lowest BCUT2D eigenvalue weighted by molar-refractivity contribution is 0.414. The minimum Gasteiger partial charge on any atom is -0.497 e. The van der Waals surface area contributed by atoms with E-state index < -0.39 is 0 Å². The van der Waals surface area contributed by atoms with Crippen LogP contribution in [0.1, 0.15) is 75.1 Å². The third kappa shape index (κ3) is 7.79. The number of aliphatic imine (C=N–C) groups is 1. The number of methoxy groups -OCH3 is 3. The molecule has 5 heteroatoms. The molecule has 0 spiro atoms. The number of ether oxygens (including phenoxy) is 3. The standard InChI is InChI=1S/C50H50N2O3/c1-49(2,3)37-20-10-32(11-21-37)42-30-44(34-14-24-39(53-7)25-15-34)51-47(42)46(36-18-28-41(55-9)29-19-36)48-43(33-12-22-38(23-13-33)50(4,5)6)31-45(52-48)35-16-26-40(54-8)27-17-35/h10-31,51H,1-9H3/b48-46-. The Hall–Kier alpha value is -6.07. The highest BCUT2D eigenvalue weighted by molar-refractivity contribution is 6.20. The molecule has 1 aliphatic heterocycles. The number of allylic oxidation sites excluding steroid dienone is 2. The number of nitrogens with one attached hydrogen (secondary N) is 1. The number of hydrogen-bond acceptors (Lipinski definition) is 4. The monoisotopic (exact) mass is 726 g/mol. The van der Waals surface area contributed by atoms with Crippen LogP contribution in [0.3, 0.4) is 0 Å². The lowest BCUT2D eigenvalue weighted by Gasteiger charge is -2.20. The molecule has 0 radical (unpaired) electrons. The van der Waals surface area contributed by atoms with Gasteiger partial charge in [0.2, 0.25) is 0 Å². The number of aromatic nitrogens is 1. The highest BCUT2D eigenvalue weighted by Crippen LogP contribution is 2.44. The van der Waals surface area contributed by atoms with Crippen molar-refractivity contribution >= 4 is 16.9 Å². The molecule has 0 bridgehead atoms. The summed E-state index contributed by atoms with van der Waals surface area (Å²) in [6.07, 6.45) is 2.22. The molecular weight excluding hydrogens is 677 g/mol. The van der Waals surface area contributed by atoms with Gasteiger partial charge in [-0.2, -0.15) is 0 Å². The fraction of sp³-hybridized carbons (Fsp3) is 0.220. The smallest absolute Gasteiger partial charge is 0.118 e. The van der Waals surface area contributed by atoms with Gasteiger partial charge in [-0.25, -0.2) is 4.99 Å². The van der Waals surface area contributed by atoms with Crippen LogP contribution < -0.4 is 14.2 Å². The summed E-state index contributed by atoms with van der Waals surface area (Å²) in [7, 11) is 5.08. The zero-order valence-electron chi connectivity index (χ0n) is 33.4. The van der Waals surface area contributed by atoms with Gasteiger partial charge in [0.25, 0.3) is 0 Å². The Kier molecular flexibility index (Phi) is 10.2. The van der Waals surface area contributed by atoms with Crippen molar-refractivity contribution in [2.45, 2.75) is 52.4 Å². The fourth-order valence-electron chi connectivity index (χ4n) is 7.00. The second-order valence-corrected chi connectivity index (χ2v) is 16.1. The number of nitrogens with zero attached hydrogens (tertiary/aromatic N) is 1. The molecule has 5 aromatic carbocycles. The molecule has 0 unspecified atom stereocenters. The molecule has 2 heterocycles. The maximum absolute atomic E-state index is 5.63. The Bertz CT molecular complexity index is 2380. The zero-order chi connectivity index (χ0) is 38.9. The number of H-pyrrole nitrogens is 1. The topological polar surface area (TPSA) is 55.8 Å². The summed E-state index contributed by atoms with van der Waals surface area (Å²) in [4.78, 5) is 9.43. The Labute approximate surface area is 326 Å². The molecule has 6 aromatic rings. The normalized spacial score (nSPS) is 14.0. The van der Waals surface area contributed by atoms with Crippen molar-refractivity contribution in [3.63, 3.8) is 0 Å². The first-order chi connectivity index (χ1) is 26.4. The van der Waals surface area contributed by atoms with Crippen LogP contribution in [0.25, 0.3) is 33.5 Å². The van der Waals surface area contributed by atoms with Crippen LogP contribution >= 0.6 is 0 Å². The average molecular weight is 727 g/mol. The van der Waals surface area contributed by atoms with E-state index in [1.807, 2.05) is 36.4 Å². The van der Waals surface area contributed by atoms with E-state index in [1.165, 1.54) is 11.1 Å². The fourth-order valence-corrected chi connectivity index (χ4v) is 7.00. The molecule has 0 aliphatic carbocycles. The maximum Gasteiger partial charge on any atom is 0.118 e. The zero-order valence-corrected chi connectivity index (χ0v) is 33.4. The highest BCUT2D eigenvalue weighted by atomic mass is 16.5. The molecule has 278 valence electrons. The van der Waals surface area contributed by atoms with Gasteiger partial charge in [-0.3, -0.25) is 0 Å². The quantitative estimate of drug-likeness (QED) is 0.161. The first-order valence-electron chi connectivity index (χ1n) is 18.8. The van der Waals surface area contributed by atoms with Gasteiger partial charge in [0.15, 0.2) is 0 Å². The molecule has 55 heavy (non-hydrogen) atoms. The van der Waals surface area contributed by atoms with Gasteiger partial charge in [-0.15, -0.1) is 0 Å². The Morgan fingerprint density at radius 1 is 0.509 bits per heavy atom. The summed E-state index contributed by atoms with van der Waals surface area (Å²) in [5, 5.41) is 0. The van der Waals surface area contributed by atoms with Gasteiger partial charge in [0, 0.05) is 28.0 Å². The van der Waals surface area contributed by atoms with Gasteiger partial charge in [-0.1, -0.05) is 102 Å². The van der Waals surface area contributed by atoms with Crippen molar-refractivity contribution in [2.24, 2.45) is 4.99 Å². The first kappa shape index (κ1) is 37.3. The number of benzene rings is 5. The van der Waals surface area contributed by atoms with Crippen molar-refractivity contribution < 1.29 is 14.2 Å². The van der Waals surface area contributed by atoms with Gasteiger partial charge < -0.3 is 19.2 Å². The molecule has 0 saturated heterocycles. The summed E-state index contributed by atoms with van der Waals surface area (Å²) >= 11 is 0. The van der Waals surface area contributed by atoms with E-state index in [-0.39, 0.29) is 10.8 Å². The SMILES string of the molecule is COc1ccc(C2=N/C(=C(/c3ccc(OC)cc3)c3[nH]c(-c4ccc(OC)cc4)cc3-c3ccc(C(C)(C)C)cc3)C(c3ccc(C(C)(C)C)cc3)=C2)cc1. The van der Waals surface area contributed by atoms with E-state index in [9.17, 15) is 0 Å². The van der Waals surface area contributed by atoms with Crippen LogP contribution in [0.2, 0.25) is 0 Å². The first-order valence-corrected chi connectivity index (χ1v) is 18.8. The molecular formula is C50H50N2O3. The van der Waals surface area contributed by atoms with Gasteiger partial charge in [-0.05, 0) is 117 Å². The maximum atomic E-state index is 5.63. The molecule has 0 fully saturated rings. The third-order valence-electron chi connectivity index (χ3n) is 10.4. The molecule has 0 atom stereocenters. The summed E-state index contributed by atoms with van der Waals surface area (Å²) in [6, 6.07) is 44.8. The largest absolute Gasteiger partial charge is 0.497 e. The average Bonchev–Trinajstić information content (AvgIpc) is 3.84. The van der Waals surface area contributed by atoms with Crippen LogP contribution in [-0.2, 0) is 10.8 Å². The van der Waals surface area contributed by atoms with Crippen LogP contribution in [0.15, 0.2) is 144 Å². The Morgan fingerprint density at radius 2 is 0.945 bits per heavy atom. The van der Waals surface area contributed by atoms with E-state index in [1.54, 1.807) is 21.3 Å². The van der Waals surface area contributed by atoms with Gasteiger partial charge >= 0.3 is 0 Å². The Balaban J connectivity index is 1.53. The summed E-state index contributed by atoms with van der Waals surface area (Å²) < 4.78 is 16.6. The van der Waals surface area contributed by atoms with Crippen LogP contribution in [0.5, 0.6) is 17.2 Å². The Morgan fingerprint density at radius 3 is 1.42 bits per heavy atom. The summed E-state index contributed by atoms with van der Waals surface area (Å²) in [6.45, 7) is 13.5. The van der Waals surface area contributed by atoms with E-state index >= 15 is 0 Å². The molecule has 1 aromatic heterocycles. The van der Waals surface area contributed by atoms with Crippen molar-refractivity contribution in [1.82, 2.24) is 4.98 Å². The number of hydrogen-bond donors (Lipinski definition) is 1. The minimum absolute atomic E-state index is 0.0276. The molecule has 7 rings (SSSR count). The molecule has 1 N–H and O–H groups in total. The molecule has 0 saturated carbocycles. The van der Waals surface area contributed by atoms with Crippen LogP contribution in [0, 0.1) is 0 Å².